The van der Waals surface area contributed by atoms with Crippen molar-refractivity contribution in [3.8, 4) is 11.1 Å². The fourth-order valence-corrected chi connectivity index (χ4v) is 4.64. The van der Waals surface area contributed by atoms with Gasteiger partial charge in [-0.2, -0.15) is 0 Å². The van der Waals surface area contributed by atoms with Gasteiger partial charge in [-0.25, -0.2) is 0 Å². The normalized spacial score (nSPS) is 12.5. The molecule has 2 aromatic rings. The number of hydrogen-bond donors (Lipinski definition) is 2. The molecule has 1 atom stereocenters. The first-order valence-corrected chi connectivity index (χ1v) is 11.1. The molecule has 0 bridgehead atoms. The predicted octanol–water partition coefficient (Wildman–Crippen LogP) is -0.741. The third kappa shape index (κ3) is 3.02. The SMILES string of the molecule is C[I-]S(=O)c1cccc(-c2cc(N)cc(N)c2)c1. The molecule has 0 aliphatic rings. The molecule has 0 aliphatic heterocycles. The molecular formula is C13H14IN2OS-. The number of anilines is 2. The van der Waals surface area contributed by atoms with E-state index in [1.165, 1.54) is 0 Å². The summed E-state index contributed by atoms with van der Waals surface area (Å²) in [6.45, 7) is 0. The van der Waals surface area contributed by atoms with Crippen molar-refractivity contribution in [2.75, 3.05) is 16.4 Å². The number of hydrogen-bond acceptors (Lipinski definition) is 3. The quantitative estimate of drug-likeness (QED) is 0.322. The van der Waals surface area contributed by atoms with Crippen LogP contribution in [0.4, 0.5) is 11.4 Å². The average molecular weight is 373 g/mol. The van der Waals surface area contributed by atoms with Crippen molar-refractivity contribution in [3.05, 3.63) is 42.5 Å². The Morgan fingerprint density at radius 2 is 1.67 bits per heavy atom. The molecule has 0 fully saturated rings. The number of benzene rings is 2. The number of nitrogen functional groups attached to an aromatic ring is 2. The number of halogens is 1. The van der Waals surface area contributed by atoms with Crippen LogP contribution in [0, 0.1) is 0 Å². The molecular weight excluding hydrogens is 359 g/mol. The summed E-state index contributed by atoms with van der Waals surface area (Å²) in [5.41, 5.74) is 14.8. The molecule has 5 heteroatoms. The number of nitrogens with two attached hydrogens (primary N) is 2. The first kappa shape index (κ1) is 13.4. The summed E-state index contributed by atoms with van der Waals surface area (Å²) in [6.07, 6.45) is 0. The molecule has 0 aromatic heterocycles. The Labute approximate surface area is 118 Å². The van der Waals surface area contributed by atoms with Gasteiger partial charge in [-0.15, -0.1) is 0 Å². The first-order chi connectivity index (χ1) is 8.60. The van der Waals surface area contributed by atoms with Crippen molar-refractivity contribution in [2.24, 2.45) is 0 Å². The third-order valence-corrected chi connectivity index (χ3v) is 7.30. The zero-order valence-corrected chi connectivity index (χ0v) is 12.9. The van der Waals surface area contributed by atoms with Crippen molar-refractivity contribution in [1.29, 1.82) is 0 Å². The maximum atomic E-state index is 11.8. The van der Waals surface area contributed by atoms with Crippen LogP contribution in [0.1, 0.15) is 0 Å². The van der Waals surface area contributed by atoms with Crippen molar-refractivity contribution in [1.82, 2.24) is 0 Å². The molecule has 18 heavy (non-hydrogen) atoms. The van der Waals surface area contributed by atoms with E-state index in [2.05, 4.69) is 0 Å². The van der Waals surface area contributed by atoms with Crippen molar-refractivity contribution >= 4 is 19.3 Å². The summed E-state index contributed by atoms with van der Waals surface area (Å²) in [6, 6.07) is 13.2. The summed E-state index contributed by atoms with van der Waals surface area (Å²) >= 11 is -0.307. The second-order valence-corrected chi connectivity index (χ2v) is 10.1. The van der Waals surface area contributed by atoms with E-state index in [1.54, 1.807) is 6.07 Å². The molecule has 0 amide bonds. The number of alkyl halides is 1. The van der Waals surface area contributed by atoms with Gasteiger partial charge < -0.3 is 0 Å². The molecule has 0 saturated carbocycles. The minimum absolute atomic E-state index is 0.307. The van der Waals surface area contributed by atoms with Crippen LogP contribution >= 0.6 is 0 Å². The fourth-order valence-electron chi connectivity index (χ4n) is 1.71. The van der Waals surface area contributed by atoms with Gasteiger partial charge in [0.05, 0.1) is 0 Å². The topological polar surface area (TPSA) is 69.1 Å². The molecule has 0 spiro atoms. The molecule has 4 N–H and O–H groups in total. The van der Waals surface area contributed by atoms with Gasteiger partial charge in [-0.1, -0.05) is 0 Å². The fraction of sp³-hybridized carbons (Fsp3) is 0.0769. The molecule has 0 radical (unpaired) electrons. The molecule has 96 valence electrons. The Bertz CT molecular complexity index is 581. The van der Waals surface area contributed by atoms with Crippen LogP contribution in [0.25, 0.3) is 11.1 Å². The van der Waals surface area contributed by atoms with Gasteiger partial charge in [-0.3, -0.25) is 0 Å². The molecule has 3 nitrogen and oxygen atoms in total. The van der Waals surface area contributed by atoms with E-state index >= 15 is 0 Å². The van der Waals surface area contributed by atoms with Crippen molar-refractivity contribution < 1.29 is 24.0 Å². The van der Waals surface area contributed by atoms with E-state index in [4.69, 9.17) is 11.5 Å². The van der Waals surface area contributed by atoms with Gasteiger partial charge in [0.2, 0.25) is 0 Å². The van der Waals surface area contributed by atoms with E-state index in [-0.39, 0.29) is 19.8 Å². The zero-order valence-electron chi connectivity index (χ0n) is 9.89. The summed E-state index contributed by atoms with van der Waals surface area (Å²) in [5.74, 6) is 0. The second kappa shape index (κ2) is 5.71. The van der Waals surface area contributed by atoms with E-state index < -0.39 is 7.97 Å². The van der Waals surface area contributed by atoms with E-state index in [9.17, 15) is 4.21 Å². The van der Waals surface area contributed by atoms with Gasteiger partial charge in [0, 0.05) is 0 Å². The average Bonchev–Trinajstić information content (AvgIpc) is 2.37. The Kier molecular flexibility index (Phi) is 4.23. The standard InChI is InChI=1S/C13H14IN2OS/c1-14-18(17)13-4-2-3-9(7-13)10-5-11(15)8-12(16)6-10/h2-8H,15-16H2,1H3/q-1. The monoisotopic (exact) mass is 373 g/mol. The summed E-state index contributed by atoms with van der Waals surface area (Å²) in [5, 5.41) is 0. The maximum absolute atomic E-state index is 11.8. The summed E-state index contributed by atoms with van der Waals surface area (Å²) in [7, 11) is -0.838. The van der Waals surface area contributed by atoms with Gasteiger partial charge in [0.25, 0.3) is 0 Å². The molecule has 0 heterocycles. The van der Waals surface area contributed by atoms with Crippen molar-refractivity contribution in [3.63, 3.8) is 0 Å². The third-order valence-electron chi connectivity index (χ3n) is 2.47. The molecule has 0 saturated heterocycles. The van der Waals surface area contributed by atoms with Gasteiger partial charge in [0.15, 0.2) is 0 Å². The zero-order chi connectivity index (χ0) is 13.1. The first-order valence-electron chi connectivity index (χ1n) is 5.28. The van der Waals surface area contributed by atoms with E-state index in [1.807, 2.05) is 41.3 Å². The Balaban J connectivity index is 2.47. The summed E-state index contributed by atoms with van der Waals surface area (Å²) < 4.78 is 11.8. The molecule has 2 aromatic carbocycles. The van der Waals surface area contributed by atoms with Gasteiger partial charge >= 0.3 is 118 Å². The molecule has 2 rings (SSSR count). The molecule has 0 aliphatic carbocycles. The van der Waals surface area contributed by atoms with Crippen LogP contribution in [0.2, 0.25) is 0 Å². The van der Waals surface area contributed by atoms with Crippen LogP contribution in [-0.2, 0) is 7.97 Å². The van der Waals surface area contributed by atoms with Crippen LogP contribution in [0.3, 0.4) is 0 Å². The number of rotatable bonds is 3. The Morgan fingerprint density at radius 3 is 2.28 bits per heavy atom. The van der Waals surface area contributed by atoms with Gasteiger partial charge in [0.1, 0.15) is 0 Å². The Morgan fingerprint density at radius 1 is 1.00 bits per heavy atom. The van der Waals surface area contributed by atoms with Crippen LogP contribution < -0.4 is 31.3 Å². The van der Waals surface area contributed by atoms with Crippen molar-refractivity contribution in [2.45, 2.75) is 4.90 Å². The van der Waals surface area contributed by atoms with E-state index in [0.29, 0.717) is 11.4 Å². The second-order valence-electron chi connectivity index (χ2n) is 3.79. The minimum atomic E-state index is -0.838. The van der Waals surface area contributed by atoms with E-state index in [0.717, 1.165) is 16.0 Å². The Hall–Kier alpha value is -1.08. The predicted molar refractivity (Wildman–Crippen MR) is 73.0 cm³/mol. The van der Waals surface area contributed by atoms with Gasteiger partial charge in [-0.05, 0) is 0 Å². The van der Waals surface area contributed by atoms with Crippen LogP contribution in [0.5, 0.6) is 0 Å². The van der Waals surface area contributed by atoms with Crippen LogP contribution in [-0.4, -0.2) is 9.14 Å². The summed E-state index contributed by atoms with van der Waals surface area (Å²) in [4.78, 5) is 2.89. The van der Waals surface area contributed by atoms with Crippen LogP contribution in [0.15, 0.2) is 47.4 Å². The molecule has 1 unspecified atom stereocenters.